The molecule has 0 radical (unpaired) electrons. The fraction of sp³-hybridized carbons (Fsp3) is 0.417. The van der Waals surface area contributed by atoms with Gasteiger partial charge in [0.05, 0.1) is 7.11 Å². The van der Waals surface area contributed by atoms with E-state index in [9.17, 15) is 4.79 Å². The highest BCUT2D eigenvalue weighted by atomic mass is 35.5. The van der Waals surface area contributed by atoms with Crippen molar-refractivity contribution in [2.45, 2.75) is 19.4 Å². The fourth-order valence-electron chi connectivity index (χ4n) is 1.46. The first-order valence-electron chi connectivity index (χ1n) is 5.31. The van der Waals surface area contributed by atoms with Crippen molar-refractivity contribution in [1.29, 1.82) is 0 Å². The normalized spacial score (nSPS) is 11.3. The Kier molecular flexibility index (Phi) is 7.35. The summed E-state index contributed by atoms with van der Waals surface area (Å²) < 4.78 is 10.1. The molecule has 0 spiro atoms. The quantitative estimate of drug-likeness (QED) is 0.627. The Labute approximate surface area is 112 Å². The first-order chi connectivity index (χ1) is 8.08. The first-order valence-corrected chi connectivity index (χ1v) is 5.31. The van der Waals surface area contributed by atoms with Gasteiger partial charge in [-0.25, -0.2) is 0 Å². The van der Waals surface area contributed by atoms with Crippen LogP contribution < -0.4 is 15.2 Å². The van der Waals surface area contributed by atoms with Gasteiger partial charge in [-0.1, -0.05) is 6.07 Å². The first kappa shape index (κ1) is 16.7. The van der Waals surface area contributed by atoms with Gasteiger partial charge < -0.3 is 20.3 Å². The lowest BCUT2D eigenvalue weighted by atomic mass is 10.0. The maximum absolute atomic E-state index is 10.9. The second-order valence-electron chi connectivity index (χ2n) is 3.62. The number of esters is 1. The SMILES string of the molecule is COc1cc([C@H](N)CCO)ccc1OC(C)=O.Cl. The van der Waals surface area contributed by atoms with E-state index in [1.54, 1.807) is 18.2 Å². The number of methoxy groups -OCH3 is 1. The molecule has 6 heteroatoms. The van der Waals surface area contributed by atoms with Gasteiger partial charge in [0.15, 0.2) is 11.5 Å². The van der Waals surface area contributed by atoms with Crippen LogP contribution in [-0.2, 0) is 4.79 Å². The molecule has 0 fully saturated rings. The number of aliphatic hydroxyl groups is 1. The summed E-state index contributed by atoms with van der Waals surface area (Å²) in [5.74, 6) is 0.404. The zero-order valence-corrected chi connectivity index (χ0v) is 11.2. The van der Waals surface area contributed by atoms with Gasteiger partial charge in [0.1, 0.15) is 0 Å². The number of rotatable bonds is 5. The van der Waals surface area contributed by atoms with Gasteiger partial charge in [-0.15, -0.1) is 12.4 Å². The van der Waals surface area contributed by atoms with Gasteiger partial charge in [0.2, 0.25) is 0 Å². The topological polar surface area (TPSA) is 81.8 Å². The molecule has 0 aliphatic heterocycles. The zero-order valence-electron chi connectivity index (χ0n) is 10.4. The summed E-state index contributed by atoms with van der Waals surface area (Å²) in [6.07, 6.45) is 0.468. The van der Waals surface area contributed by atoms with Gasteiger partial charge >= 0.3 is 5.97 Å². The van der Waals surface area contributed by atoms with Crippen LogP contribution in [0.5, 0.6) is 11.5 Å². The van der Waals surface area contributed by atoms with E-state index in [0.717, 1.165) is 5.56 Å². The zero-order chi connectivity index (χ0) is 12.8. The summed E-state index contributed by atoms with van der Waals surface area (Å²) >= 11 is 0. The predicted octanol–water partition coefficient (Wildman–Crippen LogP) is 1.42. The van der Waals surface area contributed by atoms with Gasteiger partial charge in [0, 0.05) is 19.6 Å². The molecule has 0 aliphatic rings. The van der Waals surface area contributed by atoms with E-state index in [2.05, 4.69) is 0 Å². The number of nitrogens with two attached hydrogens (primary N) is 1. The van der Waals surface area contributed by atoms with Gasteiger partial charge in [-0.2, -0.15) is 0 Å². The Morgan fingerprint density at radius 3 is 2.61 bits per heavy atom. The molecule has 102 valence electrons. The number of hydrogen-bond acceptors (Lipinski definition) is 5. The van der Waals surface area contributed by atoms with E-state index in [1.807, 2.05) is 0 Å². The van der Waals surface area contributed by atoms with Crippen LogP contribution in [0.2, 0.25) is 0 Å². The van der Waals surface area contributed by atoms with Crippen molar-refractivity contribution in [2.75, 3.05) is 13.7 Å². The van der Waals surface area contributed by atoms with Crippen molar-refractivity contribution in [2.24, 2.45) is 5.73 Å². The molecule has 0 aromatic heterocycles. The molecule has 1 atom stereocenters. The van der Waals surface area contributed by atoms with E-state index in [0.29, 0.717) is 17.9 Å². The van der Waals surface area contributed by atoms with E-state index >= 15 is 0 Å². The molecule has 0 bridgehead atoms. The summed E-state index contributed by atoms with van der Waals surface area (Å²) in [4.78, 5) is 10.9. The molecule has 0 saturated carbocycles. The van der Waals surface area contributed by atoms with Crippen LogP contribution in [0.25, 0.3) is 0 Å². The minimum absolute atomic E-state index is 0. The number of aliphatic hydroxyl groups excluding tert-OH is 1. The van der Waals surface area contributed by atoms with Gasteiger partial charge in [-0.05, 0) is 24.1 Å². The number of carbonyl (C=O) groups excluding carboxylic acids is 1. The maximum atomic E-state index is 10.9. The van der Waals surface area contributed by atoms with Gasteiger partial charge in [0.25, 0.3) is 0 Å². The van der Waals surface area contributed by atoms with Crippen LogP contribution in [-0.4, -0.2) is 24.8 Å². The average molecular weight is 276 g/mol. The van der Waals surface area contributed by atoms with Crippen molar-refractivity contribution in [3.63, 3.8) is 0 Å². The molecule has 0 amide bonds. The third kappa shape index (κ3) is 4.52. The minimum atomic E-state index is -0.407. The smallest absolute Gasteiger partial charge is 0.308 e. The summed E-state index contributed by atoms with van der Waals surface area (Å²) in [5, 5.41) is 8.82. The highest BCUT2D eigenvalue weighted by Gasteiger charge is 2.11. The lowest BCUT2D eigenvalue weighted by Gasteiger charge is -2.14. The van der Waals surface area contributed by atoms with Crippen molar-refractivity contribution in [3.05, 3.63) is 23.8 Å². The third-order valence-electron chi connectivity index (χ3n) is 2.31. The van der Waals surface area contributed by atoms with Crippen molar-refractivity contribution < 1.29 is 19.4 Å². The van der Waals surface area contributed by atoms with Crippen molar-refractivity contribution in [3.8, 4) is 11.5 Å². The Balaban J connectivity index is 0.00000289. The molecular weight excluding hydrogens is 258 g/mol. The number of ether oxygens (including phenoxy) is 2. The van der Waals surface area contributed by atoms with E-state index in [1.165, 1.54) is 14.0 Å². The van der Waals surface area contributed by atoms with Crippen LogP contribution in [0.4, 0.5) is 0 Å². The van der Waals surface area contributed by atoms with Crippen LogP contribution >= 0.6 is 12.4 Å². The Morgan fingerprint density at radius 1 is 1.44 bits per heavy atom. The lowest BCUT2D eigenvalue weighted by molar-refractivity contribution is -0.132. The molecule has 0 aliphatic carbocycles. The standard InChI is InChI=1S/C12H17NO4.ClH/c1-8(15)17-11-4-3-9(7-12(11)16-2)10(13)5-6-14;/h3-4,7,10,14H,5-6,13H2,1-2H3;1H/t10-;/m1./s1. The molecule has 1 aromatic rings. The Morgan fingerprint density at radius 2 is 2.11 bits per heavy atom. The van der Waals surface area contributed by atoms with Crippen molar-refractivity contribution in [1.82, 2.24) is 0 Å². The summed E-state index contributed by atoms with van der Waals surface area (Å²) in [5.41, 5.74) is 6.68. The third-order valence-corrected chi connectivity index (χ3v) is 2.31. The highest BCUT2D eigenvalue weighted by molar-refractivity contribution is 5.85. The van der Waals surface area contributed by atoms with Crippen LogP contribution in [0.1, 0.15) is 24.9 Å². The minimum Gasteiger partial charge on any atom is -0.493 e. The van der Waals surface area contributed by atoms with E-state index < -0.39 is 5.97 Å². The molecule has 1 aromatic carbocycles. The Bertz CT molecular complexity index is 398. The number of benzene rings is 1. The molecule has 0 saturated heterocycles. The molecule has 18 heavy (non-hydrogen) atoms. The summed E-state index contributed by atoms with van der Waals surface area (Å²) in [6, 6.07) is 4.83. The van der Waals surface area contributed by atoms with Crippen molar-refractivity contribution >= 4 is 18.4 Å². The number of carbonyl (C=O) groups is 1. The molecular formula is C12H18ClNO4. The van der Waals surface area contributed by atoms with Crippen LogP contribution in [0.15, 0.2) is 18.2 Å². The van der Waals surface area contributed by atoms with Crippen LogP contribution in [0.3, 0.4) is 0 Å². The summed E-state index contributed by atoms with van der Waals surface area (Å²) in [7, 11) is 1.49. The van der Waals surface area contributed by atoms with E-state index in [4.69, 9.17) is 20.3 Å². The fourth-order valence-corrected chi connectivity index (χ4v) is 1.46. The number of halogens is 1. The molecule has 5 nitrogen and oxygen atoms in total. The second kappa shape index (κ2) is 7.92. The average Bonchev–Trinajstić information content (AvgIpc) is 2.29. The maximum Gasteiger partial charge on any atom is 0.308 e. The monoisotopic (exact) mass is 275 g/mol. The second-order valence-corrected chi connectivity index (χ2v) is 3.62. The highest BCUT2D eigenvalue weighted by Crippen LogP contribution is 2.30. The molecule has 0 unspecified atom stereocenters. The lowest BCUT2D eigenvalue weighted by Crippen LogP contribution is -2.12. The molecule has 3 N–H and O–H groups in total. The molecule has 1 rings (SSSR count). The van der Waals surface area contributed by atoms with Gasteiger partial charge in [-0.3, -0.25) is 4.79 Å². The molecule has 0 heterocycles. The largest absolute Gasteiger partial charge is 0.493 e. The van der Waals surface area contributed by atoms with Crippen LogP contribution in [0, 0.1) is 0 Å². The Hall–Kier alpha value is -1.30. The summed E-state index contributed by atoms with van der Waals surface area (Å²) in [6.45, 7) is 1.35. The predicted molar refractivity (Wildman–Crippen MR) is 70.2 cm³/mol. The van der Waals surface area contributed by atoms with E-state index in [-0.39, 0.29) is 25.1 Å². The number of hydrogen-bond donors (Lipinski definition) is 2.